The van der Waals surface area contributed by atoms with Gasteiger partial charge in [0.25, 0.3) is 0 Å². The van der Waals surface area contributed by atoms with Crippen molar-refractivity contribution >= 4 is 29.9 Å². The van der Waals surface area contributed by atoms with Crippen LogP contribution in [0.3, 0.4) is 0 Å². The highest BCUT2D eigenvalue weighted by atomic mass is 127. The minimum atomic E-state index is 0. The molecular formula is C20H28IN3O2. The molecular weight excluding hydrogens is 441 g/mol. The number of benzene rings is 2. The van der Waals surface area contributed by atoms with E-state index >= 15 is 0 Å². The molecule has 0 aliphatic carbocycles. The second-order valence-electron chi connectivity index (χ2n) is 5.93. The Kier molecular flexibility index (Phi) is 9.26. The Labute approximate surface area is 173 Å². The number of rotatable bonds is 6. The summed E-state index contributed by atoms with van der Waals surface area (Å²) in [5, 5.41) is 3.39. The molecule has 0 radical (unpaired) electrons. The molecule has 0 saturated heterocycles. The summed E-state index contributed by atoms with van der Waals surface area (Å²) in [5.41, 5.74) is 3.62. The van der Waals surface area contributed by atoms with E-state index in [0.717, 1.165) is 29.6 Å². The molecule has 0 fully saturated rings. The van der Waals surface area contributed by atoms with Gasteiger partial charge in [0, 0.05) is 27.2 Å². The number of halogens is 1. The third-order valence-corrected chi connectivity index (χ3v) is 4.01. The Balaban J connectivity index is 0.00000338. The molecule has 0 aliphatic rings. The smallest absolute Gasteiger partial charge is 0.193 e. The molecule has 0 bridgehead atoms. The van der Waals surface area contributed by atoms with Crippen LogP contribution in [0.5, 0.6) is 11.5 Å². The largest absolute Gasteiger partial charge is 0.493 e. The number of ether oxygens (including phenoxy) is 2. The molecule has 0 atom stereocenters. The standard InChI is InChI=1S/C20H27N3O2.HI/c1-15-6-8-16(9-7-15)14-23(3)20(21-2)22-13-17-10-11-18(24-4)19(12-17)25-5;/h6-12H,13-14H2,1-5H3,(H,21,22);1H. The summed E-state index contributed by atoms with van der Waals surface area (Å²) in [6.45, 7) is 3.55. The summed E-state index contributed by atoms with van der Waals surface area (Å²) < 4.78 is 10.6. The van der Waals surface area contributed by atoms with Crippen LogP contribution in [0.15, 0.2) is 47.5 Å². The second kappa shape index (κ2) is 10.9. The zero-order valence-electron chi connectivity index (χ0n) is 16.1. The molecule has 0 heterocycles. The maximum Gasteiger partial charge on any atom is 0.193 e. The van der Waals surface area contributed by atoms with Gasteiger partial charge in [-0.05, 0) is 30.2 Å². The topological polar surface area (TPSA) is 46.1 Å². The van der Waals surface area contributed by atoms with E-state index in [4.69, 9.17) is 9.47 Å². The maximum absolute atomic E-state index is 5.35. The van der Waals surface area contributed by atoms with Gasteiger partial charge in [-0.25, -0.2) is 0 Å². The molecule has 0 spiro atoms. The van der Waals surface area contributed by atoms with Crippen LogP contribution in [0.25, 0.3) is 0 Å². The van der Waals surface area contributed by atoms with Crippen molar-refractivity contribution in [2.24, 2.45) is 4.99 Å². The van der Waals surface area contributed by atoms with E-state index in [2.05, 4.69) is 46.4 Å². The van der Waals surface area contributed by atoms with Gasteiger partial charge in [-0.2, -0.15) is 0 Å². The lowest BCUT2D eigenvalue weighted by molar-refractivity contribution is 0.354. The first-order valence-corrected chi connectivity index (χ1v) is 8.25. The van der Waals surface area contributed by atoms with Crippen LogP contribution in [0.4, 0.5) is 0 Å². The Bertz CT molecular complexity index is 717. The average Bonchev–Trinajstić information content (AvgIpc) is 2.63. The van der Waals surface area contributed by atoms with Crippen molar-refractivity contribution in [1.82, 2.24) is 10.2 Å². The van der Waals surface area contributed by atoms with Crippen LogP contribution in [0.2, 0.25) is 0 Å². The van der Waals surface area contributed by atoms with Gasteiger partial charge in [0.15, 0.2) is 17.5 Å². The van der Waals surface area contributed by atoms with Crippen molar-refractivity contribution in [3.05, 3.63) is 59.2 Å². The number of aryl methyl sites for hydroxylation is 1. The molecule has 6 heteroatoms. The molecule has 2 aromatic carbocycles. The first kappa shape index (κ1) is 22.1. The van der Waals surface area contributed by atoms with E-state index in [1.165, 1.54) is 11.1 Å². The van der Waals surface area contributed by atoms with Crippen LogP contribution >= 0.6 is 24.0 Å². The molecule has 0 aliphatic heterocycles. The van der Waals surface area contributed by atoms with Crippen LogP contribution in [-0.2, 0) is 13.1 Å². The van der Waals surface area contributed by atoms with Gasteiger partial charge in [-0.3, -0.25) is 4.99 Å². The van der Waals surface area contributed by atoms with E-state index in [1.807, 2.05) is 25.2 Å². The SMILES string of the molecule is CN=C(NCc1ccc(OC)c(OC)c1)N(C)Cc1ccc(C)cc1.I. The molecule has 1 N–H and O–H groups in total. The fourth-order valence-electron chi connectivity index (χ4n) is 2.60. The summed E-state index contributed by atoms with van der Waals surface area (Å²) in [7, 11) is 7.10. The van der Waals surface area contributed by atoms with E-state index in [-0.39, 0.29) is 24.0 Å². The van der Waals surface area contributed by atoms with E-state index in [1.54, 1.807) is 21.3 Å². The van der Waals surface area contributed by atoms with Gasteiger partial charge in [-0.1, -0.05) is 35.9 Å². The lowest BCUT2D eigenvalue weighted by atomic mass is 10.1. The average molecular weight is 469 g/mol. The number of hydrogen-bond acceptors (Lipinski definition) is 3. The first-order valence-electron chi connectivity index (χ1n) is 8.25. The predicted octanol–water partition coefficient (Wildman–Crippen LogP) is 3.84. The van der Waals surface area contributed by atoms with E-state index in [9.17, 15) is 0 Å². The highest BCUT2D eigenvalue weighted by Gasteiger charge is 2.08. The first-order chi connectivity index (χ1) is 12.1. The molecule has 26 heavy (non-hydrogen) atoms. The predicted molar refractivity (Wildman–Crippen MR) is 118 cm³/mol. The highest BCUT2D eigenvalue weighted by molar-refractivity contribution is 14.0. The molecule has 2 rings (SSSR count). The lowest BCUT2D eigenvalue weighted by Crippen LogP contribution is -2.38. The number of hydrogen-bond donors (Lipinski definition) is 1. The van der Waals surface area contributed by atoms with Crippen molar-refractivity contribution in [2.75, 3.05) is 28.3 Å². The van der Waals surface area contributed by atoms with Crippen LogP contribution in [0, 0.1) is 6.92 Å². The molecule has 0 unspecified atom stereocenters. The molecule has 142 valence electrons. The summed E-state index contributed by atoms with van der Waals surface area (Å²) in [6, 6.07) is 14.4. The summed E-state index contributed by atoms with van der Waals surface area (Å²) in [6.07, 6.45) is 0. The number of guanidine groups is 1. The van der Waals surface area contributed by atoms with Crippen molar-refractivity contribution in [3.63, 3.8) is 0 Å². The Morgan fingerprint density at radius 3 is 2.19 bits per heavy atom. The van der Waals surface area contributed by atoms with Gasteiger partial charge in [0.2, 0.25) is 0 Å². The normalized spacial score (nSPS) is 10.7. The van der Waals surface area contributed by atoms with Gasteiger partial charge >= 0.3 is 0 Å². The summed E-state index contributed by atoms with van der Waals surface area (Å²) in [5.74, 6) is 2.30. The number of methoxy groups -OCH3 is 2. The highest BCUT2D eigenvalue weighted by Crippen LogP contribution is 2.27. The Morgan fingerprint density at radius 1 is 1.00 bits per heavy atom. The third kappa shape index (κ3) is 6.09. The van der Waals surface area contributed by atoms with Crippen LogP contribution in [0.1, 0.15) is 16.7 Å². The van der Waals surface area contributed by atoms with Crippen molar-refractivity contribution in [1.29, 1.82) is 0 Å². The van der Waals surface area contributed by atoms with Crippen molar-refractivity contribution in [3.8, 4) is 11.5 Å². The number of nitrogens with zero attached hydrogens (tertiary/aromatic N) is 2. The maximum atomic E-state index is 5.35. The molecule has 0 saturated carbocycles. The number of aliphatic imine (C=N–C) groups is 1. The third-order valence-electron chi connectivity index (χ3n) is 4.01. The van der Waals surface area contributed by atoms with Crippen molar-refractivity contribution < 1.29 is 9.47 Å². The lowest BCUT2D eigenvalue weighted by Gasteiger charge is -2.22. The monoisotopic (exact) mass is 469 g/mol. The Morgan fingerprint density at radius 2 is 1.62 bits per heavy atom. The van der Waals surface area contributed by atoms with Gasteiger partial charge in [-0.15, -0.1) is 24.0 Å². The van der Waals surface area contributed by atoms with Gasteiger partial charge < -0.3 is 19.7 Å². The molecule has 0 amide bonds. The van der Waals surface area contributed by atoms with Crippen LogP contribution < -0.4 is 14.8 Å². The molecule has 5 nitrogen and oxygen atoms in total. The zero-order valence-corrected chi connectivity index (χ0v) is 18.4. The minimum Gasteiger partial charge on any atom is -0.493 e. The summed E-state index contributed by atoms with van der Waals surface area (Å²) in [4.78, 5) is 6.47. The quantitative estimate of drug-likeness (QED) is 0.397. The molecule has 2 aromatic rings. The molecule has 0 aromatic heterocycles. The fraction of sp³-hybridized carbons (Fsp3) is 0.350. The van der Waals surface area contributed by atoms with Gasteiger partial charge in [0.1, 0.15) is 0 Å². The number of nitrogens with one attached hydrogen (secondary N) is 1. The zero-order chi connectivity index (χ0) is 18.2. The Hall–Kier alpha value is -1.96. The second-order valence-corrected chi connectivity index (χ2v) is 5.93. The minimum absolute atomic E-state index is 0. The van der Waals surface area contributed by atoms with Crippen LogP contribution in [-0.4, -0.2) is 39.2 Å². The van der Waals surface area contributed by atoms with E-state index < -0.39 is 0 Å². The van der Waals surface area contributed by atoms with Crippen molar-refractivity contribution in [2.45, 2.75) is 20.0 Å². The summed E-state index contributed by atoms with van der Waals surface area (Å²) >= 11 is 0. The van der Waals surface area contributed by atoms with E-state index in [0.29, 0.717) is 6.54 Å². The fourth-order valence-corrected chi connectivity index (χ4v) is 2.60. The van der Waals surface area contributed by atoms with Gasteiger partial charge in [0.05, 0.1) is 14.2 Å².